The van der Waals surface area contributed by atoms with Crippen molar-refractivity contribution < 1.29 is 4.79 Å². The van der Waals surface area contributed by atoms with Crippen LogP contribution < -0.4 is 10.6 Å². The summed E-state index contributed by atoms with van der Waals surface area (Å²) < 4.78 is 0. The van der Waals surface area contributed by atoms with Gasteiger partial charge in [0.05, 0.1) is 10.7 Å². The van der Waals surface area contributed by atoms with Gasteiger partial charge in [-0.15, -0.1) is 0 Å². The van der Waals surface area contributed by atoms with Gasteiger partial charge in [-0.2, -0.15) is 0 Å². The molecule has 2 amide bonds. The van der Waals surface area contributed by atoms with Crippen LogP contribution in [0.1, 0.15) is 18.1 Å². The van der Waals surface area contributed by atoms with Crippen LogP contribution in [0.15, 0.2) is 48.5 Å². The van der Waals surface area contributed by atoms with Crippen molar-refractivity contribution in [3.05, 3.63) is 64.7 Å². The third-order valence-corrected chi connectivity index (χ3v) is 3.58. The third-order valence-electron chi connectivity index (χ3n) is 3.25. The van der Waals surface area contributed by atoms with Crippen molar-refractivity contribution in [3.8, 4) is 0 Å². The lowest BCUT2D eigenvalue weighted by Gasteiger charge is -2.09. The van der Waals surface area contributed by atoms with E-state index in [1.165, 1.54) is 11.1 Å². The first-order chi connectivity index (χ1) is 10.2. The smallest absolute Gasteiger partial charge is 0.319 e. The number of carbonyl (C=O) groups excluding carboxylic acids is 1. The SMILES string of the molecule is CCc1ccc(CCNC(=O)Nc2ccccc2Cl)cc1. The van der Waals surface area contributed by atoms with Crippen LogP contribution in [-0.2, 0) is 12.8 Å². The minimum atomic E-state index is -0.242. The van der Waals surface area contributed by atoms with E-state index in [0.717, 1.165) is 12.8 Å². The molecule has 0 aromatic heterocycles. The molecule has 0 saturated carbocycles. The standard InChI is InChI=1S/C17H19ClN2O/c1-2-13-7-9-14(10-8-13)11-12-19-17(21)20-16-6-4-3-5-15(16)18/h3-10H,2,11-12H2,1H3,(H2,19,20,21). The summed E-state index contributed by atoms with van der Waals surface area (Å²) in [4.78, 5) is 11.8. The topological polar surface area (TPSA) is 41.1 Å². The first kappa shape index (κ1) is 15.4. The molecule has 0 aliphatic carbocycles. The quantitative estimate of drug-likeness (QED) is 0.851. The average Bonchev–Trinajstić information content (AvgIpc) is 2.50. The number of para-hydroxylation sites is 1. The highest BCUT2D eigenvalue weighted by Crippen LogP contribution is 2.19. The summed E-state index contributed by atoms with van der Waals surface area (Å²) in [6.07, 6.45) is 1.85. The predicted molar refractivity (Wildman–Crippen MR) is 88.0 cm³/mol. The van der Waals surface area contributed by atoms with Crippen LogP contribution in [0, 0.1) is 0 Å². The minimum absolute atomic E-state index is 0.242. The molecule has 0 atom stereocenters. The van der Waals surface area contributed by atoms with Gasteiger partial charge in [0.1, 0.15) is 0 Å². The Balaban J connectivity index is 1.77. The molecule has 2 N–H and O–H groups in total. The second-order valence-corrected chi connectivity index (χ2v) is 5.19. The normalized spacial score (nSPS) is 10.2. The maximum atomic E-state index is 11.8. The zero-order valence-corrected chi connectivity index (χ0v) is 12.8. The van der Waals surface area contributed by atoms with E-state index in [1.807, 2.05) is 12.1 Å². The fraction of sp³-hybridized carbons (Fsp3) is 0.235. The fourth-order valence-electron chi connectivity index (χ4n) is 1.99. The number of carbonyl (C=O) groups is 1. The molecule has 0 aliphatic heterocycles. The Labute approximate surface area is 130 Å². The second-order valence-electron chi connectivity index (χ2n) is 4.78. The number of hydrogen-bond acceptors (Lipinski definition) is 1. The van der Waals surface area contributed by atoms with Gasteiger partial charge in [0.25, 0.3) is 0 Å². The lowest BCUT2D eigenvalue weighted by molar-refractivity contribution is 0.252. The minimum Gasteiger partial charge on any atom is -0.338 e. The van der Waals surface area contributed by atoms with E-state index in [9.17, 15) is 4.79 Å². The Bertz CT molecular complexity index is 596. The molecule has 2 rings (SSSR count). The Morgan fingerprint density at radius 3 is 2.38 bits per heavy atom. The number of amides is 2. The number of halogens is 1. The van der Waals surface area contributed by atoms with E-state index in [4.69, 9.17) is 11.6 Å². The number of rotatable bonds is 5. The molecule has 0 aliphatic rings. The highest BCUT2D eigenvalue weighted by Gasteiger charge is 2.04. The van der Waals surface area contributed by atoms with E-state index in [1.54, 1.807) is 12.1 Å². The largest absolute Gasteiger partial charge is 0.338 e. The number of aryl methyl sites for hydroxylation is 1. The molecule has 110 valence electrons. The molecule has 0 heterocycles. The van der Waals surface area contributed by atoms with Gasteiger partial charge in [-0.05, 0) is 36.1 Å². The van der Waals surface area contributed by atoms with Crippen LogP contribution in [0.4, 0.5) is 10.5 Å². The van der Waals surface area contributed by atoms with Gasteiger partial charge in [0.15, 0.2) is 0 Å². The zero-order valence-electron chi connectivity index (χ0n) is 12.0. The molecule has 0 spiro atoms. The average molecular weight is 303 g/mol. The van der Waals surface area contributed by atoms with Crippen molar-refractivity contribution in [2.24, 2.45) is 0 Å². The van der Waals surface area contributed by atoms with Crippen LogP contribution >= 0.6 is 11.6 Å². The van der Waals surface area contributed by atoms with Gasteiger partial charge in [-0.3, -0.25) is 0 Å². The Morgan fingerprint density at radius 2 is 1.71 bits per heavy atom. The maximum absolute atomic E-state index is 11.8. The van der Waals surface area contributed by atoms with Crippen LogP contribution in [0.25, 0.3) is 0 Å². The first-order valence-corrected chi connectivity index (χ1v) is 7.44. The molecule has 21 heavy (non-hydrogen) atoms. The van der Waals surface area contributed by atoms with Crippen LogP contribution in [0.2, 0.25) is 5.02 Å². The third kappa shape index (κ3) is 4.80. The fourth-order valence-corrected chi connectivity index (χ4v) is 2.17. The summed E-state index contributed by atoms with van der Waals surface area (Å²) in [6, 6.07) is 15.4. The van der Waals surface area contributed by atoms with Crippen molar-refractivity contribution in [1.29, 1.82) is 0 Å². The summed E-state index contributed by atoms with van der Waals surface area (Å²) in [5, 5.41) is 6.09. The second kappa shape index (κ2) is 7.70. The lowest BCUT2D eigenvalue weighted by atomic mass is 10.1. The van der Waals surface area contributed by atoms with Crippen molar-refractivity contribution in [3.63, 3.8) is 0 Å². The zero-order chi connectivity index (χ0) is 15.1. The molecule has 0 fully saturated rings. The van der Waals surface area contributed by atoms with Crippen LogP contribution in [0.3, 0.4) is 0 Å². The summed E-state index contributed by atoms with van der Waals surface area (Å²) in [5.74, 6) is 0. The number of urea groups is 1. The van der Waals surface area contributed by atoms with Crippen molar-refractivity contribution in [1.82, 2.24) is 5.32 Å². The van der Waals surface area contributed by atoms with Gasteiger partial charge in [-0.25, -0.2) is 4.79 Å². The first-order valence-electron chi connectivity index (χ1n) is 7.06. The van der Waals surface area contributed by atoms with Crippen molar-refractivity contribution in [2.45, 2.75) is 19.8 Å². The van der Waals surface area contributed by atoms with E-state index < -0.39 is 0 Å². The molecule has 4 heteroatoms. The van der Waals surface area contributed by atoms with Crippen molar-refractivity contribution in [2.75, 3.05) is 11.9 Å². The monoisotopic (exact) mass is 302 g/mol. The summed E-state index contributed by atoms with van der Waals surface area (Å²) >= 11 is 5.98. The molecule has 3 nitrogen and oxygen atoms in total. The molecule has 0 saturated heterocycles. The van der Waals surface area contributed by atoms with Gasteiger partial charge < -0.3 is 10.6 Å². The lowest BCUT2D eigenvalue weighted by Crippen LogP contribution is -2.30. The van der Waals surface area contributed by atoms with Gasteiger partial charge >= 0.3 is 6.03 Å². The maximum Gasteiger partial charge on any atom is 0.319 e. The van der Waals surface area contributed by atoms with Crippen molar-refractivity contribution >= 4 is 23.3 Å². The Hall–Kier alpha value is -2.00. The van der Waals surface area contributed by atoms with Gasteiger partial charge in [-0.1, -0.05) is 54.9 Å². The predicted octanol–water partition coefficient (Wildman–Crippen LogP) is 4.27. The molecule has 0 unspecified atom stereocenters. The van der Waals surface area contributed by atoms with Crippen LogP contribution in [0.5, 0.6) is 0 Å². The van der Waals surface area contributed by atoms with Gasteiger partial charge in [0.2, 0.25) is 0 Å². The highest BCUT2D eigenvalue weighted by atomic mass is 35.5. The van der Waals surface area contributed by atoms with E-state index >= 15 is 0 Å². The number of anilines is 1. The van der Waals surface area contributed by atoms with E-state index in [-0.39, 0.29) is 6.03 Å². The summed E-state index contributed by atoms with van der Waals surface area (Å²) in [5.41, 5.74) is 3.15. The molecular formula is C17H19ClN2O. The van der Waals surface area contributed by atoms with E-state index in [2.05, 4.69) is 41.8 Å². The van der Waals surface area contributed by atoms with E-state index in [0.29, 0.717) is 17.3 Å². The number of hydrogen-bond donors (Lipinski definition) is 2. The molecule has 2 aromatic rings. The summed E-state index contributed by atoms with van der Waals surface area (Å²) in [6.45, 7) is 2.72. The molecule has 2 aromatic carbocycles. The van der Waals surface area contributed by atoms with Crippen LogP contribution in [-0.4, -0.2) is 12.6 Å². The molecule has 0 radical (unpaired) electrons. The van der Waals surface area contributed by atoms with Gasteiger partial charge in [0, 0.05) is 6.54 Å². The Kier molecular flexibility index (Phi) is 5.64. The number of benzene rings is 2. The Morgan fingerprint density at radius 1 is 1.05 bits per heavy atom. The highest BCUT2D eigenvalue weighted by molar-refractivity contribution is 6.33. The molecule has 0 bridgehead atoms. The number of nitrogens with one attached hydrogen (secondary N) is 2. The molecular weight excluding hydrogens is 284 g/mol. The summed E-state index contributed by atoms with van der Waals surface area (Å²) in [7, 11) is 0.